The summed E-state index contributed by atoms with van der Waals surface area (Å²) in [6.07, 6.45) is 0.456. The lowest BCUT2D eigenvalue weighted by molar-refractivity contribution is -0.137. The van der Waals surface area contributed by atoms with Gasteiger partial charge < -0.3 is 15.3 Å². The predicted molar refractivity (Wildman–Crippen MR) is 112 cm³/mol. The van der Waals surface area contributed by atoms with E-state index in [-0.39, 0.29) is 28.6 Å². The molecular formula is C23H17FN2O5. The highest BCUT2D eigenvalue weighted by molar-refractivity contribution is 5.81. The first-order valence-corrected chi connectivity index (χ1v) is 9.34. The molecule has 0 spiro atoms. The number of carboxylic acid groups (broad SMARTS) is 1. The van der Waals surface area contributed by atoms with E-state index in [4.69, 9.17) is 0 Å². The fourth-order valence-corrected chi connectivity index (χ4v) is 3.42. The fourth-order valence-electron chi connectivity index (χ4n) is 3.42. The topological polar surface area (TPSA) is 113 Å². The van der Waals surface area contributed by atoms with Crippen LogP contribution in [0, 0.1) is 5.82 Å². The zero-order chi connectivity index (χ0) is 22.1. The van der Waals surface area contributed by atoms with Crippen LogP contribution in [0.1, 0.15) is 11.1 Å². The van der Waals surface area contributed by atoms with Gasteiger partial charge in [0.1, 0.15) is 29.6 Å². The van der Waals surface area contributed by atoms with Gasteiger partial charge in [0.15, 0.2) is 0 Å². The average Bonchev–Trinajstić information content (AvgIpc) is 2.72. The number of fused-ring (bicyclic) bond motifs is 1. The number of hydrogen-bond acceptors (Lipinski definition) is 5. The minimum atomic E-state index is -1.21. The Morgan fingerprint density at radius 1 is 0.968 bits per heavy atom. The Hall–Kier alpha value is -4.20. The highest BCUT2D eigenvalue weighted by atomic mass is 19.1. The van der Waals surface area contributed by atoms with Crippen molar-refractivity contribution in [2.45, 2.75) is 13.0 Å². The van der Waals surface area contributed by atoms with Crippen LogP contribution in [0.15, 0.2) is 65.5 Å². The molecular weight excluding hydrogens is 403 g/mol. The molecule has 0 aliphatic heterocycles. The van der Waals surface area contributed by atoms with Crippen LogP contribution in [-0.4, -0.2) is 30.8 Å². The summed E-state index contributed by atoms with van der Waals surface area (Å²) < 4.78 is 14.2. The van der Waals surface area contributed by atoms with E-state index in [1.807, 2.05) is 0 Å². The SMILES string of the molecule is O=C(O)Cn1c(=O)c(-c2ccc(O)cc2O)nc2ccc(Cc3ccc(F)cc3)cc21. The maximum Gasteiger partial charge on any atom is 0.323 e. The lowest BCUT2D eigenvalue weighted by Crippen LogP contribution is -2.27. The molecule has 3 aromatic carbocycles. The molecule has 4 aromatic rings. The van der Waals surface area contributed by atoms with Gasteiger partial charge >= 0.3 is 5.97 Å². The summed E-state index contributed by atoms with van der Waals surface area (Å²) in [5.41, 5.74) is 1.61. The Bertz CT molecular complexity index is 1360. The number of aromatic hydroxyl groups is 2. The molecule has 0 atom stereocenters. The van der Waals surface area contributed by atoms with Gasteiger partial charge in [-0.1, -0.05) is 18.2 Å². The van der Waals surface area contributed by atoms with E-state index in [1.54, 1.807) is 30.3 Å². The van der Waals surface area contributed by atoms with E-state index in [0.29, 0.717) is 17.5 Å². The second-order valence-electron chi connectivity index (χ2n) is 7.07. The zero-order valence-corrected chi connectivity index (χ0v) is 16.1. The first-order valence-electron chi connectivity index (χ1n) is 9.34. The number of aromatic nitrogens is 2. The molecule has 31 heavy (non-hydrogen) atoms. The number of hydrogen-bond donors (Lipinski definition) is 3. The van der Waals surface area contributed by atoms with Crippen LogP contribution in [0.3, 0.4) is 0 Å². The van der Waals surface area contributed by atoms with E-state index in [2.05, 4.69) is 4.98 Å². The van der Waals surface area contributed by atoms with Gasteiger partial charge in [-0.3, -0.25) is 14.2 Å². The number of carboxylic acids is 1. The average molecular weight is 420 g/mol. The van der Waals surface area contributed by atoms with E-state index in [1.165, 1.54) is 24.3 Å². The molecule has 1 aromatic heterocycles. The quantitative estimate of drug-likeness (QED) is 0.457. The third-order valence-electron chi connectivity index (χ3n) is 4.86. The summed E-state index contributed by atoms with van der Waals surface area (Å²) in [6.45, 7) is -0.594. The molecule has 0 saturated heterocycles. The Morgan fingerprint density at radius 2 is 1.68 bits per heavy atom. The third-order valence-corrected chi connectivity index (χ3v) is 4.86. The van der Waals surface area contributed by atoms with Gasteiger partial charge in [-0.05, 0) is 53.9 Å². The Morgan fingerprint density at radius 3 is 2.35 bits per heavy atom. The molecule has 0 aliphatic rings. The molecule has 3 N–H and O–H groups in total. The van der Waals surface area contributed by atoms with Gasteiger partial charge in [0, 0.05) is 11.6 Å². The Balaban J connectivity index is 1.88. The number of carbonyl (C=O) groups is 1. The number of rotatable bonds is 5. The van der Waals surface area contributed by atoms with Crippen LogP contribution in [0.2, 0.25) is 0 Å². The molecule has 0 bridgehead atoms. The van der Waals surface area contributed by atoms with Gasteiger partial charge in [0.2, 0.25) is 0 Å². The van der Waals surface area contributed by atoms with E-state index >= 15 is 0 Å². The number of benzene rings is 3. The minimum Gasteiger partial charge on any atom is -0.508 e. The number of aliphatic carboxylic acids is 1. The summed E-state index contributed by atoms with van der Waals surface area (Å²) >= 11 is 0. The molecule has 4 rings (SSSR count). The first-order chi connectivity index (χ1) is 14.8. The van der Waals surface area contributed by atoms with Crippen molar-refractivity contribution in [3.63, 3.8) is 0 Å². The van der Waals surface area contributed by atoms with Crippen LogP contribution >= 0.6 is 0 Å². The van der Waals surface area contributed by atoms with Crippen molar-refractivity contribution in [3.05, 3.63) is 88.0 Å². The maximum absolute atomic E-state index is 13.1. The molecule has 7 nitrogen and oxygen atoms in total. The van der Waals surface area contributed by atoms with E-state index < -0.39 is 18.1 Å². The summed E-state index contributed by atoms with van der Waals surface area (Å²) in [6, 6.07) is 14.9. The Kier molecular flexibility index (Phi) is 5.12. The summed E-state index contributed by atoms with van der Waals surface area (Å²) in [7, 11) is 0. The lowest BCUT2D eigenvalue weighted by atomic mass is 10.0. The van der Waals surface area contributed by atoms with Crippen molar-refractivity contribution < 1.29 is 24.5 Å². The van der Waals surface area contributed by atoms with Crippen LogP contribution in [-0.2, 0) is 17.8 Å². The summed E-state index contributed by atoms with van der Waals surface area (Å²) in [5.74, 6) is -2.08. The van der Waals surface area contributed by atoms with Crippen molar-refractivity contribution >= 4 is 17.0 Å². The smallest absolute Gasteiger partial charge is 0.323 e. The minimum absolute atomic E-state index is 0.0826. The van der Waals surface area contributed by atoms with Crippen LogP contribution in [0.25, 0.3) is 22.3 Å². The van der Waals surface area contributed by atoms with Gasteiger partial charge in [0.25, 0.3) is 5.56 Å². The Labute approximate surface area is 175 Å². The van der Waals surface area contributed by atoms with Crippen molar-refractivity contribution in [3.8, 4) is 22.8 Å². The molecule has 0 unspecified atom stereocenters. The van der Waals surface area contributed by atoms with Gasteiger partial charge in [-0.25, -0.2) is 9.37 Å². The zero-order valence-electron chi connectivity index (χ0n) is 16.1. The predicted octanol–water partition coefficient (Wildman–Crippen LogP) is 3.29. The second kappa shape index (κ2) is 7.91. The van der Waals surface area contributed by atoms with Gasteiger partial charge in [0.05, 0.1) is 11.0 Å². The van der Waals surface area contributed by atoms with Crippen LogP contribution < -0.4 is 5.56 Å². The molecule has 156 valence electrons. The van der Waals surface area contributed by atoms with Gasteiger partial charge in [-0.2, -0.15) is 0 Å². The van der Waals surface area contributed by atoms with Crippen LogP contribution in [0.5, 0.6) is 11.5 Å². The molecule has 0 aliphatic carbocycles. The molecule has 0 saturated carbocycles. The third kappa shape index (κ3) is 4.09. The first kappa shape index (κ1) is 20.1. The van der Waals surface area contributed by atoms with Crippen molar-refractivity contribution in [2.75, 3.05) is 0 Å². The molecule has 1 heterocycles. The standard InChI is InChI=1S/C23H17FN2O5/c24-15-4-1-13(2-5-15)9-14-3-8-18-19(10-14)26(12-21(29)30)23(31)22(25-18)17-7-6-16(27)11-20(17)28/h1-8,10-11,27-28H,9,12H2,(H,29,30). The van der Waals surface area contributed by atoms with E-state index in [0.717, 1.165) is 21.8 Å². The van der Waals surface area contributed by atoms with Crippen molar-refractivity contribution in [1.82, 2.24) is 9.55 Å². The fraction of sp³-hybridized carbons (Fsp3) is 0.0870. The van der Waals surface area contributed by atoms with Crippen molar-refractivity contribution in [1.29, 1.82) is 0 Å². The number of phenols is 2. The molecule has 8 heteroatoms. The van der Waals surface area contributed by atoms with Crippen molar-refractivity contribution in [2.24, 2.45) is 0 Å². The second-order valence-corrected chi connectivity index (χ2v) is 7.07. The normalized spacial score (nSPS) is 11.0. The monoisotopic (exact) mass is 420 g/mol. The largest absolute Gasteiger partial charge is 0.508 e. The highest BCUT2D eigenvalue weighted by Crippen LogP contribution is 2.30. The molecule has 0 radical (unpaired) electrons. The maximum atomic E-state index is 13.1. The number of phenolic OH excluding ortho intramolecular Hbond substituents is 2. The number of halogens is 1. The summed E-state index contributed by atoms with van der Waals surface area (Å²) in [4.78, 5) is 28.9. The van der Waals surface area contributed by atoms with Crippen LogP contribution in [0.4, 0.5) is 4.39 Å². The highest BCUT2D eigenvalue weighted by Gasteiger charge is 2.18. The molecule has 0 amide bonds. The van der Waals surface area contributed by atoms with Gasteiger partial charge in [-0.15, -0.1) is 0 Å². The summed E-state index contributed by atoms with van der Waals surface area (Å²) in [5, 5.41) is 29.0. The van der Waals surface area contributed by atoms with E-state index in [9.17, 15) is 29.3 Å². The lowest BCUT2D eigenvalue weighted by Gasteiger charge is -2.13. The number of nitrogens with zero attached hydrogens (tertiary/aromatic N) is 2. The molecule has 0 fully saturated rings.